The Labute approximate surface area is 167 Å². The predicted molar refractivity (Wildman–Crippen MR) is 105 cm³/mol. The second-order valence-corrected chi connectivity index (χ2v) is 6.39. The molecule has 0 aliphatic carbocycles. The number of hydrogen-bond acceptors (Lipinski definition) is 5. The SMILES string of the molecule is Cc1ccc(Cl)cc1NC(=O)C(C)OC(=O)c1ccc(NC(=O)CC#N)cc1. The molecule has 0 aromatic heterocycles. The molecule has 2 aromatic rings. The third kappa shape index (κ3) is 5.83. The Kier molecular flexibility index (Phi) is 7.13. The number of ether oxygens (including phenoxy) is 1. The van der Waals surface area contributed by atoms with Gasteiger partial charge in [0.15, 0.2) is 6.10 Å². The van der Waals surface area contributed by atoms with Crippen molar-refractivity contribution in [3.63, 3.8) is 0 Å². The van der Waals surface area contributed by atoms with Gasteiger partial charge in [0.25, 0.3) is 5.91 Å². The third-order valence-corrected chi connectivity index (χ3v) is 3.99. The molecule has 0 bridgehead atoms. The normalized spacial score (nSPS) is 11.1. The number of rotatable bonds is 6. The fourth-order valence-electron chi connectivity index (χ4n) is 2.21. The highest BCUT2D eigenvalue weighted by Crippen LogP contribution is 2.20. The van der Waals surface area contributed by atoms with Crippen LogP contribution in [0.5, 0.6) is 0 Å². The summed E-state index contributed by atoms with van der Waals surface area (Å²) in [4.78, 5) is 35.9. The molecule has 1 atom stereocenters. The summed E-state index contributed by atoms with van der Waals surface area (Å²) in [5.74, 6) is -1.61. The molecule has 28 heavy (non-hydrogen) atoms. The first-order valence-corrected chi connectivity index (χ1v) is 8.73. The number of esters is 1. The lowest BCUT2D eigenvalue weighted by atomic mass is 10.2. The van der Waals surface area contributed by atoms with E-state index in [9.17, 15) is 14.4 Å². The Hall–Kier alpha value is -3.37. The van der Waals surface area contributed by atoms with Gasteiger partial charge in [0.2, 0.25) is 5.91 Å². The molecule has 0 aliphatic rings. The van der Waals surface area contributed by atoms with Crippen molar-refractivity contribution in [2.45, 2.75) is 26.4 Å². The molecule has 144 valence electrons. The lowest BCUT2D eigenvalue weighted by molar-refractivity contribution is -0.123. The molecule has 8 heteroatoms. The van der Waals surface area contributed by atoms with Gasteiger partial charge in [0.1, 0.15) is 6.42 Å². The number of benzene rings is 2. The quantitative estimate of drug-likeness (QED) is 0.720. The monoisotopic (exact) mass is 399 g/mol. The van der Waals surface area contributed by atoms with Crippen LogP contribution >= 0.6 is 11.6 Å². The number of carbonyl (C=O) groups excluding carboxylic acids is 3. The summed E-state index contributed by atoms with van der Waals surface area (Å²) < 4.78 is 5.19. The van der Waals surface area contributed by atoms with Crippen LogP contribution in [-0.2, 0) is 14.3 Å². The molecule has 2 rings (SSSR count). The maximum absolute atomic E-state index is 12.3. The number of amides is 2. The van der Waals surface area contributed by atoms with E-state index in [-0.39, 0.29) is 12.0 Å². The van der Waals surface area contributed by atoms with Crippen LogP contribution in [0.2, 0.25) is 5.02 Å². The zero-order chi connectivity index (χ0) is 20.7. The molecule has 0 saturated carbocycles. The highest BCUT2D eigenvalue weighted by Gasteiger charge is 2.19. The van der Waals surface area contributed by atoms with Crippen molar-refractivity contribution in [3.05, 3.63) is 58.6 Å². The molecular weight excluding hydrogens is 382 g/mol. The molecular formula is C20H18ClN3O4. The van der Waals surface area contributed by atoms with Crippen LogP contribution in [0.4, 0.5) is 11.4 Å². The minimum atomic E-state index is -1.03. The summed E-state index contributed by atoms with van der Waals surface area (Å²) >= 11 is 5.93. The van der Waals surface area contributed by atoms with E-state index in [2.05, 4.69) is 10.6 Å². The highest BCUT2D eigenvalue weighted by atomic mass is 35.5. The van der Waals surface area contributed by atoms with Gasteiger partial charge >= 0.3 is 5.97 Å². The second-order valence-electron chi connectivity index (χ2n) is 5.96. The number of aryl methyl sites for hydroxylation is 1. The van der Waals surface area contributed by atoms with E-state index in [0.717, 1.165) is 5.56 Å². The van der Waals surface area contributed by atoms with Crippen molar-refractivity contribution >= 4 is 40.8 Å². The molecule has 0 saturated heterocycles. The summed E-state index contributed by atoms with van der Waals surface area (Å²) in [5.41, 5.74) is 2.03. The summed E-state index contributed by atoms with van der Waals surface area (Å²) in [7, 11) is 0. The first-order valence-electron chi connectivity index (χ1n) is 8.35. The minimum absolute atomic E-state index is 0.219. The molecule has 0 radical (unpaired) electrons. The van der Waals surface area contributed by atoms with Gasteiger partial charge in [-0.05, 0) is 55.8 Å². The van der Waals surface area contributed by atoms with Crippen LogP contribution in [0.1, 0.15) is 29.3 Å². The molecule has 0 heterocycles. The lowest BCUT2D eigenvalue weighted by Gasteiger charge is -2.15. The van der Waals surface area contributed by atoms with Crippen LogP contribution in [0.15, 0.2) is 42.5 Å². The minimum Gasteiger partial charge on any atom is -0.449 e. The van der Waals surface area contributed by atoms with Crippen LogP contribution < -0.4 is 10.6 Å². The van der Waals surface area contributed by atoms with Gasteiger partial charge in [0, 0.05) is 16.4 Å². The molecule has 2 aromatic carbocycles. The molecule has 0 spiro atoms. The number of carbonyl (C=O) groups is 3. The largest absolute Gasteiger partial charge is 0.449 e. The van der Waals surface area contributed by atoms with Gasteiger partial charge in [-0.2, -0.15) is 5.26 Å². The molecule has 7 nitrogen and oxygen atoms in total. The van der Waals surface area contributed by atoms with Gasteiger partial charge in [0.05, 0.1) is 11.6 Å². The Morgan fingerprint density at radius 2 is 1.82 bits per heavy atom. The first kappa shape index (κ1) is 20.9. The third-order valence-electron chi connectivity index (χ3n) is 3.75. The standard InChI is InChI=1S/C20H18ClN3O4/c1-12-3-6-15(21)11-17(12)24-19(26)13(2)28-20(27)14-4-7-16(8-5-14)23-18(25)9-10-22/h3-8,11,13H,9H2,1-2H3,(H,23,25)(H,24,26). The number of nitriles is 1. The number of hydrogen-bond donors (Lipinski definition) is 2. The molecule has 0 fully saturated rings. The molecule has 1 unspecified atom stereocenters. The van der Waals surface area contributed by atoms with E-state index < -0.39 is 23.9 Å². The number of halogens is 1. The number of anilines is 2. The summed E-state index contributed by atoms with van der Waals surface area (Å²) in [5, 5.41) is 14.1. The van der Waals surface area contributed by atoms with Gasteiger partial charge in [-0.1, -0.05) is 17.7 Å². The highest BCUT2D eigenvalue weighted by molar-refractivity contribution is 6.31. The van der Waals surface area contributed by atoms with Crippen LogP contribution in [0.3, 0.4) is 0 Å². The summed E-state index contributed by atoms with van der Waals surface area (Å²) in [6.45, 7) is 3.28. The van der Waals surface area contributed by atoms with E-state index in [1.807, 2.05) is 6.92 Å². The van der Waals surface area contributed by atoms with Crippen molar-refractivity contribution < 1.29 is 19.1 Å². The number of nitrogens with one attached hydrogen (secondary N) is 2. The molecule has 2 N–H and O–H groups in total. The van der Waals surface area contributed by atoms with E-state index in [1.165, 1.54) is 31.2 Å². The van der Waals surface area contributed by atoms with E-state index >= 15 is 0 Å². The van der Waals surface area contributed by atoms with Gasteiger partial charge in [-0.25, -0.2) is 4.79 Å². The summed E-state index contributed by atoms with van der Waals surface area (Å²) in [6, 6.07) is 12.8. The van der Waals surface area contributed by atoms with Crippen molar-refractivity contribution in [1.82, 2.24) is 0 Å². The Morgan fingerprint density at radius 3 is 2.46 bits per heavy atom. The van der Waals surface area contributed by atoms with Gasteiger partial charge in [-0.15, -0.1) is 0 Å². The topological polar surface area (TPSA) is 108 Å². The summed E-state index contributed by atoms with van der Waals surface area (Å²) in [6.07, 6.45) is -1.29. The Balaban J connectivity index is 1.96. The average Bonchev–Trinajstić information content (AvgIpc) is 2.65. The van der Waals surface area contributed by atoms with E-state index in [0.29, 0.717) is 16.4 Å². The number of nitrogens with zero attached hydrogens (tertiary/aromatic N) is 1. The fraction of sp³-hybridized carbons (Fsp3) is 0.200. The predicted octanol–water partition coefficient (Wildman–Crippen LogP) is 3.68. The lowest BCUT2D eigenvalue weighted by Crippen LogP contribution is -2.30. The van der Waals surface area contributed by atoms with Crippen LogP contribution in [-0.4, -0.2) is 23.9 Å². The van der Waals surface area contributed by atoms with E-state index in [1.54, 1.807) is 24.3 Å². The average molecular weight is 400 g/mol. The second kappa shape index (κ2) is 9.53. The van der Waals surface area contributed by atoms with Crippen LogP contribution in [0, 0.1) is 18.3 Å². The van der Waals surface area contributed by atoms with Crippen molar-refractivity contribution in [2.75, 3.05) is 10.6 Å². The van der Waals surface area contributed by atoms with Gasteiger partial charge in [-0.3, -0.25) is 9.59 Å². The maximum Gasteiger partial charge on any atom is 0.338 e. The van der Waals surface area contributed by atoms with Crippen molar-refractivity contribution in [3.8, 4) is 6.07 Å². The van der Waals surface area contributed by atoms with Crippen molar-refractivity contribution in [2.24, 2.45) is 0 Å². The smallest absolute Gasteiger partial charge is 0.338 e. The van der Waals surface area contributed by atoms with E-state index in [4.69, 9.17) is 21.6 Å². The zero-order valence-electron chi connectivity index (χ0n) is 15.3. The Morgan fingerprint density at radius 1 is 1.14 bits per heavy atom. The Bertz CT molecular complexity index is 935. The van der Waals surface area contributed by atoms with Gasteiger partial charge < -0.3 is 15.4 Å². The van der Waals surface area contributed by atoms with Crippen molar-refractivity contribution in [1.29, 1.82) is 5.26 Å². The first-order chi connectivity index (χ1) is 13.3. The fourth-order valence-corrected chi connectivity index (χ4v) is 2.38. The zero-order valence-corrected chi connectivity index (χ0v) is 16.0. The van der Waals surface area contributed by atoms with Crippen LogP contribution in [0.25, 0.3) is 0 Å². The maximum atomic E-state index is 12.3. The molecule has 2 amide bonds. The molecule has 0 aliphatic heterocycles.